The highest BCUT2D eigenvalue weighted by atomic mass is 127. The quantitative estimate of drug-likeness (QED) is 0.724. The normalized spacial score (nSPS) is 23.5. The number of hydrogen-bond donors (Lipinski definition) is 1. The van der Waals surface area contributed by atoms with E-state index in [2.05, 4.69) is 45.4 Å². The van der Waals surface area contributed by atoms with E-state index < -0.39 is 0 Å². The van der Waals surface area contributed by atoms with E-state index >= 15 is 0 Å². The Bertz CT molecular complexity index is 481. The van der Waals surface area contributed by atoms with Crippen molar-refractivity contribution in [2.45, 2.75) is 13.3 Å². The van der Waals surface area contributed by atoms with Crippen LogP contribution in [0.5, 0.6) is 0 Å². The van der Waals surface area contributed by atoms with Crippen molar-refractivity contribution in [1.82, 2.24) is 4.90 Å². The van der Waals surface area contributed by atoms with Crippen LogP contribution >= 0.6 is 38.5 Å². The van der Waals surface area contributed by atoms with Gasteiger partial charge < -0.3 is 10.6 Å². The first-order valence-corrected chi connectivity index (χ1v) is 8.34. The number of carbonyl (C=O) groups excluding carboxylic acids is 1. The highest BCUT2D eigenvalue weighted by Crippen LogP contribution is 2.26. The Hall–Kier alpha value is -0.140. The third kappa shape index (κ3) is 3.49. The molecule has 1 heterocycles. The minimum atomic E-state index is 0.121. The molecule has 0 bridgehead atoms. The van der Waals surface area contributed by atoms with Gasteiger partial charge in [-0.05, 0) is 65.6 Å². The maximum absolute atomic E-state index is 12.6. The molecule has 1 aromatic carbocycles. The number of benzene rings is 1. The lowest BCUT2D eigenvalue weighted by Gasteiger charge is -2.36. The molecule has 0 radical (unpaired) electrons. The van der Waals surface area contributed by atoms with Crippen molar-refractivity contribution in [1.29, 1.82) is 0 Å². The number of halogens is 2. The van der Waals surface area contributed by atoms with Gasteiger partial charge in [0.05, 0.1) is 5.56 Å². The molecule has 104 valence electrons. The average molecular weight is 437 g/mol. The van der Waals surface area contributed by atoms with Gasteiger partial charge in [0.2, 0.25) is 0 Å². The summed E-state index contributed by atoms with van der Waals surface area (Å²) >= 11 is 5.64. The summed E-state index contributed by atoms with van der Waals surface area (Å²) in [6.45, 7) is 4.49. The van der Waals surface area contributed by atoms with Gasteiger partial charge >= 0.3 is 0 Å². The van der Waals surface area contributed by atoms with Gasteiger partial charge in [-0.25, -0.2) is 0 Å². The van der Waals surface area contributed by atoms with Crippen molar-refractivity contribution in [3.63, 3.8) is 0 Å². The number of nitrogens with zero attached hydrogens (tertiary/aromatic N) is 1. The predicted molar refractivity (Wildman–Crippen MR) is 89.1 cm³/mol. The van der Waals surface area contributed by atoms with Crippen LogP contribution in [0, 0.1) is 15.4 Å². The van der Waals surface area contributed by atoms with Crippen molar-refractivity contribution in [3.05, 3.63) is 31.8 Å². The van der Waals surface area contributed by atoms with Crippen LogP contribution in [0.25, 0.3) is 0 Å². The summed E-state index contributed by atoms with van der Waals surface area (Å²) in [5, 5.41) is 0. The molecule has 0 saturated carbocycles. The van der Waals surface area contributed by atoms with Gasteiger partial charge in [0.15, 0.2) is 0 Å². The second kappa shape index (κ2) is 6.54. The summed E-state index contributed by atoms with van der Waals surface area (Å²) in [6.07, 6.45) is 1.04. The van der Waals surface area contributed by atoms with E-state index in [4.69, 9.17) is 5.73 Å². The summed E-state index contributed by atoms with van der Waals surface area (Å²) in [7, 11) is 0. The number of rotatable bonds is 2. The zero-order valence-corrected chi connectivity index (χ0v) is 14.6. The largest absolute Gasteiger partial charge is 0.338 e. The van der Waals surface area contributed by atoms with Gasteiger partial charge in [-0.2, -0.15) is 0 Å². The predicted octanol–water partition coefficient (Wildman–Crippen LogP) is 3.11. The van der Waals surface area contributed by atoms with Crippen molar-refractivity contribution < 1.29 is 4.79 Å². The Morgan fingerprint density at radius 2 is 2.32 bits per heavy atom. The molecule has 1 aliphatic rings. The second-order valence-corrected chi connectivity index (χ2v) is 7.21. The van der Waals surface area contributed by atoms with Crippen molar-refractivity contribution in [2.24, 2.45) is 17.6 Å². The van der Waals surface area contributed by atoms with E-state index in [0.29, 0.717) is 18.4 Å². The van der Waals surface area contributed by atoms with Crippen LogP contribution in [0.15, 0.2) is 22.7 Å². The molecule has 19 heavy (non-hydrogen) atoms. The number of amides is 1. The topological polar surface area (TPSA) is 46.3 Å². The number of carbonyl (C=O) groups is 1. The van der Waals surface area contributed by atoms with E-state index in [1.54, 1.807) is 0 Å². The number of hydrogen-bond acceptors (Lipinski definition) is 2. The lowest BCUT2D eigenvalue weighted by molar-refractivity contribution is 0.0617. The summed E-state index contributed by atoms with van der Waals surface area (Å²) in [4.78, 5) is 14.5. The Morgan fingerprint density at radius 1 is 1.58 bits per heavy atom. The van der Waals surface area contributed by atoms with Crippen molar-refractivity contribution in [2.75, 3.05) is 19.6 Å². The maximum Gasteiger partial charge on any atom is 0.254 e. The molecular formula is C14H18BrIN2O. The molecule has 1 amide bonds. The van der Waals surface area contributed by atoms with E-state index in [-0.39, 0.29) is 5.91 Å². The van der Waals surface area contributed by atoms with Gasteiger partial charge in [-0.1, -0.05) is 22.9 Å². The minimum absolute atomic E-state index is 0.121. The Kier molecular flexibility index (Phi) is 5.25. The molecule has 0 aromatic heterocycles. The van der Waals surface area contributed by atoms with Gasteiger partial charge in [0.25, 0.3) is 5.91 Å². The average Bonchev–Trinajstić information content (AvgIpc) is 2.41. The van der Waals surface area contributed by atoms with Gasteiger partial charge in [0, 0.05) is 21.1 Å². The molecule has 1 saturated heterocycles. The summed E-state index contributed by atoms with van der Waals surface area (Å²) in [6, 6.07) is 5.82. The van der Waals surface area contributed by atoms with Gasteiger partial charge in [0.1, 0.15) is 0 Å². The van der Waals surface area contributed by atoms with Crippen molar-refractivity contribution >= 4 is 44.4 Å². The first-order chi connectivity index (χ1) is 9.02. The highest BCUT2D eigenvalue weighted by molar-refractivity contribution is 14.1. The number of piperidine rings is 1. The Labute approximate surface area is 136 Å². The lowest BCUT2D eigenvalue weighted by atomic mass is 9.87. The molecular weight excluding hydrogens is 419 g/mol. The van der Waals surface area contributed by atoms with Crippen molar-refractivity contribution in [3.8, 4) is 0 Å². The number of likely N-dealkylation sites (tertiary alicyclic amines) is 1. The molecule has 2 unspecified atom stereocenters. The first kappa shape index (κ1) is 15.3. The smallest absolute Gasteiger partial charge is 0.254 e. The molecule has 0 spiro atoms. The fourth-order valence-corrected chi connectivity index (χ4v) is 3.40. The highest BCUT2D eigenvalue weighted by Gasteiger charge is 2.29. The van der Waals surface area contributed by atoms with Gasteiger partial charge in [-0.15, -0.1) is 0 Å². The third-order valence-corrected chi connectivity index (χ3v) is 5.30. The van der Waals surface area contributed by atoms with Crippen LogP contribution in [0.2, 0.25) is 0 Å². The number of nitrogens with two attached hydrogens (primary N) is 1. The fourth-order valence-electron chi connectivity index (χ4n) is 2.47. The summed E-state index contributed by atoms with van der Waals surface area (Å²) < 4.78 is 1.94. The lowest BCUT2D eigenvalue weighted by Crippen LogP contribution is -2.45. The van der Waals surface area contributed by atoms with E-state index in [0.717, 1.165) is 33.1 Å². The Morgan fingerprint density at radius 3 is 3.00 bits per heavy atom. The molecule has 2 N–H and O–H groups in total. The minimum Gasteiger partial charge on any atom is -0.338 e. The van der Waals surface area contributed by atoms with E-state index in [1.807, 2.05) is 23.1 Å². The molecule has 0 aliphatic carbocycles. The molecule has 1 fully saturated rings. The van der Waals surface area contributed by atoms with Crippen LogP contribution in [0.1, 0.15) is 23.7 Å². The second-order valence-electron chi connectivity index (χ2n) is 5.14. The van der Waals surface area contributed by atoms with E-state index in [1.165, 1.54) is 0 Å². The van der Waals surface area contributed by atoms with E-state index in [9.17, 15) is 4.79 Å². The van der Waals surface area contributed by atoms with Crippen LogP contribution in [0.3, 0.4) is 0 Å². The molecule has 1 aliphatic heterocycles. The SMILES string of the molecule is CC1CCN(C(=O)c2cc(Br)ccc2I)CC1CN. The molecule has 2 atom stereocenters. The summed E-state index contributed by atoms with van der Waals surface area (Å²) in [5.74, 6) is 1.15. The van der Waals surface area contributed by atoms with Gasteiger partial charge in [-0.3, -0.25) is 4.79 Å². The zero-order chi connectivity index (χ0) is 14.0. The van der Waals surface area contributed by atoms with Crippen LogP contribution in [0.4, 0.5) is 0 Å². The molecule has 3 nitrogen and oxygen atoms in total. The van der Waals surface area contributed by atoms with Crippen LogP contribution in [-0.4, -0.2) is 30.4 Å². The maximum atomic E-state index is 12.6. The zero-order valence-electron chi connectivity index (χ0n) is 10.9. The molecule has 5 heteroatoms. The third-order valence-electron chi connectivity index (χ3n) is 3.86. The van der Waals surface area contributed by atoms with Crippen LogP contribution in [-0.2, 0) is 0 Å². The molecule has 1 aromatic rings. The monoisotopic (exact) mass is 436 g/mol. The molecule has 2 rings (SSSR count). The standard InChI is InChI=1S/C14H18BrIN2O/c1-9-4-5-18(8-10(9)7-17)14(19)12-6-11(15)2-3-13(12)16/h2-3,6,9-10H,4-5,7-8,17H2,1H3. The summed E-state index contributed by atoms with van der Waals surface area (Å²) in [5.41, 5.74) is 6.58. The Balaban J connectivity index is 2.18. The fraction of sp³-hybridized carbons (Fsp3) is 0.500. The van der Waals surface area contributed by atoms with Crippen LogP contribution < -0.4 is 5.73 Å². The first-order valence-electron chi connectivity index (χ1n) is 6.47.